The third-order valence-corrected chi connectivity index (χ3v) is 6.78. The molecule has 1 unspecified atom stereocenters. The van der Waals surface area contributed by atoms with Crippen molar-refractivity contribution < 1.29 is 17.9 Å². The molecule has 10 heteroatoms. The molecule has 1 aromatic carbocycles. The van der Waals surface area contributed by atoms with Crippen LogP contribution in [0.4, 0.5) is 5.69 Å². The summed E-state index contributed by atoms with van der Waals surface area (Å²) < 4.78 is 35.0. The predicted octanol–water partition coefficient (Wildman–Crippen LogP) is 1.93. The van der Waals surface area contributed by atoms with E-state index in [9.17, 15) is 13.2 Å². The molecule has 1 saturated heterocycles. The van der Waals surface area contributed by atoms with Gasteiger partial charge in [-0.05, 0) is 44.1 Å². The first-order valence-corrected chi connectivity index (χ1v) is 12.2. The van der Waals surface area contributed by atoms with Gasteiger partial charge in [0, 0.05) is 31.5 Å². The van der Waals surface area contributed by atoms with Crippen molar-refractivity contribution >= 4 is 21.6 Å². The predicted molar refractivity (Wildman–Crippen MR) is 119 cm³/mol. The van der Waals surface area contributed by atoms with Crippen LogP contribution in [0.15, 0.2) is 41.6 Å². The highest BCUT2D eigenvalue weighted by molar-refractivity contribution is 7.89. The van der Waals surface area contributed by atoms with Gasteiger partial charge in [0.2, 0.25) is 10.0 Å². The Labute approximate surface area is 183 Å². The van der Waals surface area contributed by atoms with Crippen molar-refractivity contribution in [3.63, 3.8) is 0 Å². The Kier molecular flexibility index (Phi) is 8.19. The lowest BCUT2D eigenvalue weighted by atomic mass is 10.2. The van der Waals surface area contributed by atoms with Crippen molar-refractivity contribution in [3.05, 3.63) is 42.2 Å². The number of ether oxygens (including phenoxy) is 1. The van der Waals surface area contributed by atoms with Gasteiger partial charge in [-0.15, -0.1) is 0 Å². The third-order valence-electron chi connectivity index (χ3n) is 5.36. The highest BCUT2D eigenvalue weighted by atomic mass is 32.2. The summed E-state index contributed by atoms with van der Waals surface area (Å²) in [6, 6.07) is 5.99. The van der Waals surface area contributed by atoms with E-state index < -0.39 is 10.0 Å². The Morgan fingerprint density at radius 2 is 2.13 bits per heavy atom. The minimum atomic E-state index is -3.72. The maximum atomic E-state index is 12.6. The first kappa shape index (κ1) is 23.4. The molecule has 1 atom stereocenters. The van der Waals surface area contributed by atoms with Crippen molar-refractivity contribution in [1.82, 2.24) is 19.4 Å². The number of likely N-dealkylation sites (N-methyl/N-ethyl adjacent to an activating group) is 1. The van der Waals surface area contributed by atoms with Gasteiger partial charge >= 0.3 is 0 Å². The Bertz CT molecular complexity index is 966. The van der Waals surface area contributed by atoms with E-state index in [0.717, 1.165) is 39.0 Å². The topological polar surface area (TPSA) is 106 Å². The molecule has 1 fully saturated rings. The molecule has 170 valence electrons. The number of nitrogens with one attached hydrogen (secondary N) is 2. The van der Waals surface area contributed by atoms with Crippen molar-refractivity contribution in [3.8, 4) is 0 Å². The van der Waals surface area contributed by atoms with Crippen LogP contribution >= 0.6 is 0 Å². The fourth-order valence-corrected chi connectivity index (χ4v) is 4.55. The highest BCUT2D eigenvalue weighted by Gasteiger charge is 2.21. The number of amides is 1. The van der Waals surface area contributed by atoms with Gasteiger partial charge in [0.15, 0.2) is 0 Å². The van der Waals surface area contributed by atoms with Gasteiger partial charge in [0.25, 0.3) is 5.91 Å². The van der Waals surface area contributed by atoms with Gasteiger partial charge in [0.05, 0.1) is 29.4 Å². The number of carbonyl (C=O) groups is 1. The molecule has 2 heterocycles. The fourth-order valence-electron chi connectivity index (χ4n) is 3.43. The van der Waals surface area contributed by atoms with Crippen molar-refractivity contribution in [2.45, 2.75) is 44.2 Å². The van der Waals surface area contributed by atoms with Crippen LogP contribution in [0.3, 0.4) is 0 Å². The smallest absolute Gasteiger partial charge is 0.255 e. The molecule has 2 N–H and O–H groups in total. The van der Waals surface area contributed by atoms with Gasteiger partial charge < -0.3 is 15.0 Å². The Morgan fingerprint density at radius 3 is 2.84 bits per heavy atom. The van der Waals surface area contributed by atoms with Crippen LogP contribution in [0.5, 0.6) is 0 Å². The van der Waals surface area contributed by atoms with E-state index in [-0.39, 0.29) is 29.0 Å². The van der Waals surface area contributed by atoms with Crippen LogP contribution in [0.1, 0.15) is 37.0 Å². The zero-order chi connectivity index (χ0) is 22.3. The van der Waals surface area contributed by atoms with Crippen LogP contribution in [-0.4, -0.2) is 67.9 Å². The lowest BCUT2D eigenvalue weighted by Gasteiger charge is -2.17. The Hall–Kier alpha value is -2.27. The van der Waals surface area contributed by atoms with E-state index >= 15 is 0 Å². The van der Waals surface area contributed by atoms with E-state index in [4.69, 9.17) is 4.74 Å². The normalized spacial score (nSPS) is 16.7. The van der Waals surface area contributed by atoms with E-state index in [2.05, 4.69) is 33.9 Å². The average Bonchev–Trinajstić information content (AvgIpc) is 3.45. The fraction of sp³-hybridized carbons (Fsp3) is 0.524. The molecular weight excluding hydrogens is 418 g/mol. The zero-order valence-electron chi connectivity index (χ0n) is 18.1. The second-order valence-corrected chi connectivity index (χ2v) is 9.25. The quantitative estimate of drug-likeness (QED) is 0.543. The number of carbonyl (C=O) groups excluding carboxylic acids is 1. The summed E-state index contributed by atoms with van der Waals surface area (Å²) in [5, 5.41) is 7.06. The van der Waals surface area contributed by atoms with E-state index in [0.29, 0.717) is 12.3 Å². The lowest BCUT2D eigenvalue weighted by molar-refractivity contribution is 0.102. The van der Waals surface area contributed by atoms with Crippen molar-refractivity contribution in [1.29, 1.82) is 0 Å². The summed E-state index contributed by atoms with van der Waals surface area (Å²) in [6.45, 7) is 8.67. The number of benzene rings is 1. The van der Waals surface area contributed by atoms with Crippen LogP contribution in [0, 0.1) is 0 Å². The van der Waals surface area contributed by atoms with Crippen LogP contribution in [0.25, 0.3) is 0 Å². The molecule has 0 saturated carbocycles. The van der Waals surface area contributed by atoms with Gasteiger partial charge in [-0.1, -0.05) is 19.9 Å². The number of sulfonamides is 1. The number of anilines is 1. The van der Waals surface area contributed by atoms with Crippen molar-refractivity contribution in [2.24, 2.45) is 0 Å². The monoisotopic (exact) mass is 449 g/mol. The summed E-state index contributed by atoms with van der Waals surface area (Å²) in [7, 11) is -3.72. The molecule has 1 aromatic heterocycles. The molecule has 2 aromatic rings. The Balaban J connectivity index is 1.59. The molecule has 0 aliphatic carbocycles. The molecule has 0 radical (unpaired) electrons. The van der Waals surface area contributed by atoms with Crippen LogP contribution in [-0.2, 0) is 21.3 Å². The summed E-state index contributed by atoms with van der Waals surface area (Å²) in [4.78, 5) is 15.0. The number of nitrogens with zero attached hydrogens (tertiary/aromatic N) is 3. The molecule has 31 heavy (non-hydrogen) atoms. The Morgan fingerprint density at radius 1 is 1.32 bits per heavy atom. The van der Waals surface area contributed by atoms with E-state index in [1.165, 1.54) is 12.1 Å². The summed E-state index contributed by atoms with van der Waals surface area (Å²) >= 11 is 0. The molecule has 3 rings (SSSR count). The standard InChI is InChI=1S/C21H31N5O4S/c1-3-25(4-2)10-11-26-16-18(14-22-26)24-21(27)17-7-5-9-20(13-17)31(28,29)23-15-19-8-6-12-30-19/h5,7,9,13-14,16,19,23H,3-4,6,8,10-12,15H2,1-2H3,(H,24,27). The summed E-state index contributed by atoms with van der Waals surface area (Å²) in [6.07, 6.45) is 5.04. The van der Waals surface area contributed by atoms with Crippen LogP contribution < -0.4 is 10.0 Å². The third kappa shape index (κ3) is 6.60. The zero-order valence-corrected chi connectivity index (χ0v) is 18.9. The average molecular weight is 450 g/mol. The largest absolute Gasteiger partial charge is 0.377 e. The van der Waals surface area contributed by atoms with Crippen LogP contribution in [0.2, 0.25) is 0 Å². The highest BCUT2D eigenvalue weighted by Crippen LogP contribution is 2.16. The second-order valence-electron chi connectivity index (χ2n) is 7.49. The molecule has 1 aliphatic rings. The summed E-state index contributed by atoms with van der Waals surface area (Å²) in [5.41, 5.74) is 0.824. The molecule has 0 spiro atoms. The van der Waals surface area contributed by atoms with Gasteiger partial charge in [-0.2, -0.15) is 5.10 Å². The minimum Gasteiger partial charge on any atom is -0.377 e. The maximum Gasteiger partial charge on any atom is 0.255 e. The second kappa shape index (κ2) is 10.9. The lowest BCUT2D eigenvalue weighted by Crippen LogP contribution is -2.32. The van der Waals surface area contributed by atoms with Gasteiger partial charge in [-0.3, -0.25) is 9.48 Å². The maximum absolute atomic E-state index is 12.6. The molecule has 0 bridgehead atoms. The van der Waals surface area contributed by atoms with Crippen molar-refractivity contribution in [2.75, 3.05) is 38.1 Å². The molecule has 9 nitrogen and oxygen atoms in total. The van der Waals surface area contributed by atoms with Gasteiger partial charge in [0.1, 0.15) is 0 Å². The van der Waals surface area contributed by atoms with Gasteiger partial charge in [-0.25, -0.2) is 13.1 Å². The molecule has 1 aliphatic heterocycles. The van der Waals surface area contributed by atoms with E-state index in [1.807, 2.05) is 0 Å². The first-order chi connectivity index (χ1) is 14.9. The number of hydrogen-bond acceptors (Lipinski definition) is 6. The summed E-state index contributed by atoms with van der Waals surface area (Å²) in [5.74, 6) is -0.389. The van der Waals surface area contributed by atoms with E-state index in [1.54, 1.807) is 29.2 Å². The molecule has 1 amide bonds. The first-order valence-electron chi connectivity index (χ1n) is 10.7. The molecular formula is C21H31N5O4S. The number of rotatable bonds is 11. The minimum absolute atomic E-state index is 0.0491. The number of hydrogen-bond donors (Lipinski definition) is 2. The SMILES string of the molecule is CCN(CC)CCn1cc(NC(=O)c2cccc(S(=O)(=O)NCC3CCCO3)c2)cn1. The number of aromatic nitrogens is 2.